The van der Waals surface area contributed by atoms with E-state index < -0.39 is 95.1 Å². The number of ether oxygens (including phenoxy) is 2. The van der Waals surface area contributed by atoms with Crippen molar-refractivity contribution in [1.82, 2.24) is 31.5 Å². The van der Waals surface area contributed by atoms with Crippen LogP contribution in [0, 0.1) is 5.92 Å². The van der Waals surface area contributed by atoms with Crippen molar-refractivity contribution in [1.29, 1.82) is 0 Å². The Balaban J connectivity index is 1.79. The van der Waals surface area contributed by atoms with Crippen LogP contribution >= 0.6 is 11.8 Å². The maximum atomic E-state index is 14.4. The summed E-state index contributed by atoms with van der Waals surface area (Å²) in [7, 11) is 0. The van der Waals surface area contributed by atoms with Gasteiger partial charge in [0.05, 0.1) is 35.0 Å². The average molecular weight is 838 g/mol. The molecule has 0 saturated carbocycles. The number of fused-ring (bicyclic) bond motifs is 2. The molecule has 6 amide bonds. The fourth-order valence-corrected chi connectivity index (χ4v) is 8.05. The number of carbonyl (C=O) groups is 6. The fraction of sp³-hybridized carbons (Fsp3) is 0.605. The molecular formula is C43H63N7O8S. The molecule has 0 aliphatic carbocycles. The third-order valence-electron chi connectivity index (χ3n) is 11.0. The molecule has 0 spiro atoms. The van der Waals surface area contributed by atoms with Crippen molar-refractivity contribution in [2.45, 2.75) is 141 Å². The van der Waals surface area contributed by atoms with Gasteiger partial charge in [0.25, 0.3) is 0 Å². The van der Waals surface area contributed by atoms with E-state index in [2.05, 4.69) is 39.7 Å². The van der Waals surface area contributed by atoms with E-state index in [0.29, 0.717) is 37.3 Å². The number of hydrogen-bond donors (Lipinski definition) is 5. The van der Waals surface area contributed by atoms with Gasteiger partial charge in [-0.25, -0.2) is 0 Å². The molecule has 2 bridgehead atoms. The van der Waals surface area contributed by atoms with Gasteiger partial charge in [-0.2, -0.15) is 0 Å². The Hall–Kier alpha value is -4.54. The molecule has 3 unspecified atom stereocenters. The van der Waals surface area contributed by atoms with Crippen molar-refractivity contribution in [3.8, 4) is 0 Å². The predicted octanol–water partition coefficient (Wildman–Crippen LogP) is 2.59. The third kappa shape index (κ3) is 12.7. The summed E-state index contributed by atoms with van der Waals surface area (Å²) in [5.41, 5.74) is -0.870. The molecule has 0 radical (unpaired) electrons. The van der Waals surface area contributed by atoms with E-state index in [9.17, 15) is 28.8 Å². The molecule has 16 heteroatoms. The lowest BCUT2D eigenvalue weighted by atomic mass is 9.97. The second-order valence-electron chi connectivity index (χ2n) is 16.6. The first-order valence-corrected chi connectivity index (χ1v) is 21.4. The fourth-order valence-electron chi connectivity index (χ4n) is 6.95. The molecule has 59 heavy (non-hydrogen) atoms. The Morgan fingerprint density at radius 3 is 2.12 bits per heavy atom. The molecule has 1 fully saturated rings. The lowest BCUT2D eigenvalue weighted by molar-refractivity contribution is -0.142. The van der Waals surface area contributed by atoms with Crippen LogP contribution in [0.5, 0.6) is 0 Å². The number of amides is 6. The molecule has 4 rings (SSSR count). The van der Waals surface area contributed by atoms with E-state index in [-0.39, 0.29) is 18.3 Å². The third-order valence-corrected chi connectivity index (χ3v) is 12.2. The largest absolute Gasteiger partial charge is 0.369 e. The predicted molar refractivity (Wildman–Crippen MR) is 228 cm³/mol. The summed E-state index contributed by atoms with van der Waals surface area (Å²) in [5, 5.41) is 14.8. The summed E-state index contributed by atoms with van der Waals surface area (Å²) in [6, 6.07) is 2.39. The molecule has 5 N–H and O–H groups in total. The van der Waals surface area contributed by atoms with Crippen LogP contribution in [0.3, 0.4) is 0 Å². The molecule has 15 nitrogen and oxygen atoms in total. The van der Waals surface area contributed by atoms with Crippen molar-refractivity contribution in [2.24, 2.45) is 10.9 Å². The van der Waals surface area contributed by atoms with Crippen molar-refractivity contribution < 1.29 is 38.2 Å². The van der Waals surface area contributed by atoms with E-state index in [4.69, 9.17) is 14.5 Å². The minimum absolute atomic E-state index is 0.238. The van der Waals surface area contributed by atoms with E-state index in [1.54, 1.807) is 60.6 Å². The summed E-state index contributed by atoms with van der Waals surface area (Å²) in [6.45, 7) is 21.5. The monoisotopic (exact) mass is 837 g/mol. The van der Waals surface area contributed by atoms with E-state index in [0.717, 1.165) is 5.56 Å². The maximum Gasteiger partial charge on any atom is 0.246 e. The molecule has 1 aromatic carbocycles. The number of rotatable bonds is 12. The molecule has 3 aliphatic heterocycles. The Morgan fingerprint density at radius 1 is 0.847 bits per heavy atom. The molecule has 1 saturated heterocycles. The summed E-state index contributed by atoms with van der Waals surface area (Å²) in [6.07, 6.45) is 4.06. The number of nitrogens with zero attached hydrogens (tertiary/aromatic N) is 2. The molecule has 324 valence electrons. The molecule has 9 atom stereocenters. The quantitative estimate of drug-likeness (QED) is 0.197. The van der Waals surface area contributed by atoms with Crippen LogP contribution in [0.1, 0.15) is 80.2 Å². The van der Waals surface area contributed by atoms with Gasteiger partial charge in [0, 0.05) is 12.3 Å². The topological polar surface area (TPSA) is 197 Å². The molecular weight excluding hydrogens is 775 g/mol. The summed E-state index contributed by atoms with van der Waals surface area (Å²) in [4.78, 5) is 90.9. The van der Waals surface area contributed by atoms with Crippen molar-refractivity contribution in [3.63, 3.8) is 0 Å². The lowest BCUT2D eigenvalue weighted by Crippen LogP contribution is -2.62. The lowest BCUT2D eigenvalue weighted by Gasteiger charge is -2.33. The average Bonchev–Trinajstić information content (AvgIpc) is 3.91. The maximum absolute atomic E-state index is 14.4. The summed E-state index contributed by atoms with van der Waals surface area (Å²) < 4.78 is 12.2. The van der Waals surface area contributed by atoms with E-state index in [1.165, 1.54) is 16.7 Å². The van der Waals surface area contributed by atoms with Crippen molar-refractivity contribution >= 4 is 52.2 Å². The number of benzene rings is 1. The summed E-state index contributed by atoms with van der Waals surface area (Å²) in [5.74, 6) is -3.61. The normalized spacial score (nSPS) is 27.8. The van der Waals surface area contributed by atoms with Crippen LogP contribution in [0.2, 0.25) is 0 Å². The molecule has 0 aromatic heterocycles. The first kappa shape index (κ1) is 47.1. The van der Waals surface area contributed by atoms with Gasteiger partial charge in [0.1, 0.15) is 36.3 Å². The Kier molecular flexibility index (Phi) is 16.5. The van der Waals surface area contributed by atoms with Crippen LogP contribution < -0.4 is 26.6 Å². The van der Waals surface area contributed by atoms with Gasteiger partial charge in [-0.3, -0.25) is 33.8 Å². The zero-order valence-corrected chi connectivity index (χ0v) is 36.5. The van der Waals surface area contributed by atoms with Gasteiger partial charge in [-0.1, -0.05) is 62.8 Å². The van der Waals surface area contributed by atoms with Crippen LogP contribution in [0.25, 0.3) is 0 Å². The van der Waals surface area contributed by atoms with Crippen molar-refractivity contribution in [3.05, 3.63) is 61.2 Å². The van der Waals surface area contributed by atoms with Gasteiger partial charge in [0.15, 0.2) is 0 Å². The Bertz CT molecular complexity index is 1750. The van der Waals surface area contributed by atoms with Crippen molar-refractivity contribution in [2.75, 3.05) is 18.9 Å². The Morgan fingerprint density at radius 2 is 1.47 bits per heavy atom. The van der Waals surface area contributed by atoms with Crippen LogP contribution in [0.15, 0.2) is 60.6 Å². The van der Waals surface area contributed by atoms with Crippen LogP contribution in [-0.4, -0.2) is 124 Å². The second-order valence-corrected chi connectivity index (χ2v) is 17.7. The highest BCUT2D eigenvalue weighted by Gasteiger charge is 2.41. The molecule has 3 heterocycles. The molecule has 1 aromatic rings. The first-order valence-electron chi connectivity index (χ1n) is 20.4. The Labute approximate surface area is 352 Å². The smallest absolute Gasteiger partial charge is 0.246 e. The summed E-state index contributed by atoms with van der Waals surface area (Å²) >= 11 is 1.33. The molecule has 3 aliphatic rings. The highest BCUT2D eigenvalue weighted by Crippen LogP contribution is 2.25. The van der Waals surface area contributed by atoms with Crippen LogP contribution in [0.4, 0.5) is 0 Å². The van der Waals surface area contributed by atoms with E-state index >= 15 is 0 Å². The minimum Gasteiger partial charge on any atom is -0.369 e. The number of hydrogen-bond acceptors (Lipinski definition) is 10. The van der Waals surface area contributed by atoms with Gasteiger partial charge in [0.2, 0.25) is 35.4 Å². The standard InChI is InChI=1S/C43H63N7O8S/c1-11-25(4)33-38(54)44-26(5)41(56)50-21-17-20-32(50)37(53)45-29(22-28-18-15-14-16-19-28)40-47-31(24-59-40)36(52)49-34(27(6)58-43(9,10)13-3)39(55)46-30(35(51)48-33)23-57-42(7,8)12-2/h12-16,18-19,25-27,29-34H,2-3,11,17,20-24H2,1,4-10H3,(H,44,54)(H,45,53)(H,46,55)(H,48,51)(H,49,52)/t25-,26?,27+,29+,30-,31?,32?,33-,34-/m0/s1. The first-order chi connectivity index (χ1) is 27.8. The second kappa shape index (κ2) is 20.6. The van der Waals surface area contributed by atoms with Gasteiger partial charge >= 0.3 is 0 Å². The van der Waals surface area contributed by atoms with Gasteiger partial charge in [-0.05, 0) is 72.3 Å². The number of aliphatic imine (C=N–C) groups is 1. The number of nitrogens with one attached hydrogen (secondary N) is 5. The number of carbonyl (C=O) groups excluding carboxylic acids is 6. The van der Waals surface area contributed by atoms with Crippen LogP contribution in [-0.2, 0) is 44.7 Å². The van der Waals surface area contributed by atoms with E-state index in [1.807, 2.05) is 37.3 Å². The minimum atomic E-state index is -1.35. The zero-order chi connectivity index (χ0) is 43.7. The van der Waals surface area contributed by atoms with Gasteiger partial charge in [-0.15, -0.1) is 24.9 Å². The highest BCUT2D eigenvalue weighted by atomic mass is 32.2. The number of thioether (sulfide) groups is 1. The SMILES string of the molecule is C=CC(C)(C)OC[C@@H]1NC(=O)[C@H]([C@@H](C)OC(C)(C)C=C)NC(=O)C2CSC(=N2)[C@@H](Cc2ccccc2)NC(=O)C2CCCN2C(=O)C(C)NC(=O)[C@H]([C@@H](C)CC)NC1=O. The zero-order valence-electron chi connectivity index (χ0n) is 35.7. The van der Waals surface area contributed by atoms with Gasteiger partial charge < -0.3 is 41.0 Å². The highest BCUT2D eigenvalue weighted by molar-refractivity contribution is 8.14.